The van der Waals surface area contributed by atoms with E-state index in [0.717, 1.165) is 40.3 Å². The van der Waals surface area contributed by atoms with E-state index in [1.807, 2.05) is 19.2 Å². The quantitative estimate of drug-likeness (QED) is 0.649. The summed E-state index contributed by atoms with van der Waals surface area (Å²) < 4.78 is 0. The van der Waals surface area contributed by atoms with E-state index in [0.29, 0.717) is 0 Å². The second-order valence-electron chi connectivity index (χ2n) is 7.44. The van der Waals surface area contributed by atoms with Crippen LogP contribution in [0.3, 0.4) is 0 Å². The number of aryl methyl sites for hydroxylation is 1. The van der Waals surface area contributed by atoms with Crippen LogP contribution in [0.25, 0.3) is 5.70 Å². The molecule has 0 spiro atoms. The molecule has 1 aliphatic heterocycles. The topological polar surface area (TPSA) is 56.8 Å². The first-order chi connectivity index (χ1) is 14.2. The smallest absolute Gasteiger partial charge is 0.0963 e. The van der Waals surface area contributed by atoms with Crippen molar-refractivity contribution in [3.8, 4) is 11.8 Å². The number of pyridine rings is 1. The molecule has 0 atom stereocenters. The Balaban J connectivity index is 1.42. The molecule has 0 amide bonds. The number of hydrogen-bond acceptors (Lipinski definition) is 4. The van der Waals surface area contributed by atoms with Crippen LogP contribution in [-0.4, -0.2) is 33.2 Å². The van der Waals surface area contributed by atoms with Crippen LogP contribution < -0.4 is 5.32 Å². The first-order valence-electron chi connectivity index (χ1n) is 9.92. The Labute approximate surface area is 171 Å². The highest BCUT2D eigenvalue weighted by molar-refractivity contribution is 5.76. The molecule has 3 heterocycles. The molecule has 0 saturated carbocycles. The Morgan fingerprint density at radius 2 is 1.93 bits per heavy atom. The van der Waals surface area contributed by atoms with Crippen LogP contribution >= 0.6 is 0 Å². The molecule has 1 aliphatic rings. The van der Waals surface area contributed by atoms with Gasteiger partial charge in [0.15, 0.2) is 0 Å². The normalized spacial score (nSPS) is 13.7. The summed E-state index contributed by atoms with van der Waals surface area (Å²) in [6.07, 6.45) is 7.93. The van der Waals surface area contributed by atoms with Crippen molar-refractivity contribution < 1.29 is 0 Å². The lowest BCUT2D eigenvalue weighted by molar-refractivity contribution is 0.331. The van der Waals surface area contributed by atoms with Crippen molar-refractivity contribution in [1.29, 1.82) is 0 Å². The summed E-state index contributed by atoms with van der Waals surface area (Å²) in [5.41, 5.74) is 6.63. The van der Waals surface area contributed by atoms with Crippen molar-refractivity contribution in [2.75, 3.05) is 18.4 Å². The molecule has 4 rings (SSSR count). The summed E-state index contributed by atoms with van der Waals surface area (Å²) in [7, 11) is 0. The maximum absolute atomic E-state index is 4.18. The van der Waals surface area contributed by atoms with Crippen molar-refractivity contribution in [2.45, 2.75) is 26.3 Å². The van der Waals surface area contributed by atoms with E-state index in [1.165, 1.54) is 31.5 Å². The summed E-state index contributed by atoms with van der Waals surface area (Å²) in [5, 5.41) is 10.5. The number of benzene rings is 1. The molecular formula is C24H25N5. The molecule has 2 aromatic heterocycles. The Morgan fingerprint density at radius 1 is 1.14 bits per heavy atom. The molecule has 29 heavy (non-hydrogen) atoms. The lowest BCUT2D eigenvalue weighted by Crippen LogP contribution is -2.18. The van der Waals surface area contributed by atoms with Gasteiger partial charge in [-0.2, -0.15) is 5.10 Å². The van der Waals surface area contributed by atoms with E-state index in [9.17, 15) is 0 Å². The number of H-pyrrole nitrogens is 1. The maximum atomic E-state index is 4.18. The highest BCUT2D eigenvalue weighted by atomic mass is 15.1. The second kappa shape index (κ2) is 8.76. The number of anilines is 1. The molecule has 5 nitrogen and oxygen atoms in total. The van der Waals surface area contributed by atoms with Gasteiger partial charge >= 0.3 is 0 Å². The molecule has 1 aromatic carbocycles. The number of nitrogens with one attached hydrogen (secondary N) is 2. The van der Waals surface area contributed by atoms with Crippen molar-refractivity contribution in [2.24, 2.45) is 0 Å². The fourth-order valence-corrected chi connectivity index (χ4v) is 3.50. The first kappa shape index (κ1) is 19.0. The van der Waals surface area contributed by atoms with Crippen LogP contribution in [0.1, 0.15) is 40.8 Å². The van der Waals surface area contributed by atoms with Crippen molar-refractivity contribution in [3.63, 3.8) is 0 Å². The van der Waals surface area contributed by atoms with Gasteiger partial charge in [0.1, 0.15) is 0 Å². The van der Waals surface area contributed by atoms with Gasteiger partial charge in [0.25, 0.3) is 0 Å². The lowest BCUT2D eigenvalue weighted by atomic mass is 10.1. The third kappa shape index (κ3) is 4.92. The van der Waals surface area contributed by atoms with Crippen molar-refractivity contribution in [3.05, 3.63) is 83.4 Å². The van der Waals surface area contributed by atoms with Gasteiger partial charge in [0, 0.05) is 30.2 Å². The Bertz CT molecular complexity index is 1050. The molecule has 0 bridgehead atoms. The monoisotopic (exact) mass is 383 g/mol. The minimum atomic E-state index is 0.737. The van der Waals surface area contributed by atoms with Crippen molar-refractivity contribution >= 4 is 11.4 Å². The standard InChI is InChI=1S/C24H25N5/c1-18-13-21(15-25-14-18)5-8-22-16-26-28-24(22)19(2)27-23-9-6-20(7-10-23)17-29-11-3-4-12-29/h6-7,9-10,13-16,27H,2-4,11-12,17H2,1H3,(H,26,28). The third-order valence-corrected chi connectivity index (χ3v) is 5.01. The van der Waals surface area contributed by atoms with E-state index in [1.54, 1.807) is 12.4 Å². The van der Waals surface area contributed by atoms with E-state index in [-0.39, 0.29) is 0 Å². The van der Waals surface area contributed by atoms with Crippen molar-refractivity contribution in [1.82, 2.24) is 20.1 Å². The van der Waals surface area contributed by atoms with E-state index < -0.39 is 0 Å². The predicted octanol–water partition coefficient (Wildman–Crippen LogP) is 4.19. The van der Waals surface area contributed by atoms with Gasteiger partial charge in [-0.05, 0) is 62.2 Å². The molecule has 146 valence electrons. The van der Waals surface area contributed by atoms with Crippen LogP contribution in [0, 0.1) is 18.8 Å². The summed E-state index contributed by atoms with van der Waals surface area (Å²) in [4.78, 5) is 6.68. The second-order valence-corrected chi connectivity index (χ2v) is 7.44. The van der Waals surface area contributed by atoms with E-state index >= 15 is 0 Å². The summed E-state index contributed by atoms with van der Waals surface area (Å²) >= 11 is 0. The summed E-state index contributed by atoms with van der Waals surface area (Å²) in [6, 6.07) is 10.5. The maximum Gasteiger partial charge on any atom is 0.0963 e. The zero-order valence-electron chi connectivity index (χ0n) is 16.7. The minimum Gasteiger partial charge on any atom is -0.354 e. The number of hydrogen-bond donors (Lipinski definition) is 2. The largest absolute Gasteiger partial charge is 0.354 e. The van der Waals surface area contributed by atoms with Gasteiger partial charge in [-0.15, -0.1) is 0 Å². The molecule has 0 unspecified atom stereocenters. The van der Waals surface area contributed by atoms with E-state index in [4.69, 9.17) is 0 Å². The van der Waals surface area contributed by atoms with Gasteiger partial charge in [-0.25, -0.2) is 0 Å². The number of aromatic nitrogens is 3. The van der Waals surface area contributed by atoms with Gasteiger partial charge in [0.2, 0.25) is 0 Å². The highest BCUT2D eigenvalue weighted by Gasteiger charge is 2.12. The molecule has 0 radical (unpaired) electrons. The fourth-order valence-electron chi connectivity index (χ4n) is 3.50. The molecule has 1 fully saturated rings. The van der Waals surface area contributed by atoms with Crippen LogP contribution in [-0.2, 0) is 6.54 Å². The first-order valence-corrected chi connectivity index (χ1v) is 9.92. The van der Waals surface area contributed by atoms with Crippen LogP contribution in [0.15, 0.2) is 55.5 Å². The third-order valence-electron chi connectivity index (χ3n) is 5.01. The van der Waals surface area contributed by atoms with Crippen LogP contribution in [0.2, 0.25) is 0 Å². The summed E-state index contributed by atoms with van der Waals surface area (Å²) in [5.74, 6) is 6.31. The number of rotatable bonds is 5. The fraction of sp³-hybridized carbons (Fsp3) is 0.250. The zero-order valence-corrected chi connectivity index (χ0v) is 16.7. The molecule has 5 heteroatoms. The van der Waals surface area contributed by atoms with E-state index in [2.05, 4.69) is 68.1 Å². The number of likely N-dealkylation sites (tertiary alicyclic amines) is 1. The van der Waals surface area contributed by atoms with Gasteiger partial charge in [-0.3, -0.25) is 15.0 Å². The van der Waals surface area contributed by atoms with Gasteiger partial charge < -0.3 is 5.32 Å². The average Bonchev–Trinajstić information content (AvgIpc) is 3.40. The Kier molecular flexibility index (Phi) is 5.73. The SMILES string of the molecule is C=C(Nc1ccc(CN2CCCC2)cc1)c1[nH]ncc1C#Cc1cncc(C)c1. The minimum absolute atomic E-state index is 0.737. The predicted molar refractivity (Wildman–Crippen MR) is 117 cm³/mol. The van der Waals surface area contributed by atoms with Crippen LogP contribution in [0.5, 0.6) is 0 Å². The molecular weight excluding hydrogens is 358 g/mol. The Morgan fingerprint density at radius 3 is 2.69 bits per heavy atom. The lowest BCUT2D eigenvalue weighted by Gasteiger charge is -2.15. The van der Waals surface area contributed by atoms with Crippen LogP contribution in [0.4, 0.5) is 5.69 Å². The van der Waals surface area contributed by atoms with Gasteiger partial charge in [-0.1, -0.05) is 30.6 Å². The molecule has 0 aliphatic carbocycles. The number of nitrogens with zero attached hydrogens (tertiary/aromatic N) is 3. The Hall–Kier alpha value is -3.36. The zero-order chi connectivity index (χ0) is 20.1. The molecule has 2 N–H and O–H groups in total. The summed E-state index contributed by atoms with van der Waals surface area (Å²) in [6.45, 7) is 9.60. The number of aromatic amines is 1. The highest BCUT2D eigenvalue weighted by Crippen LogP contribution is 2.20. The molecule has 3 aromatic rings. The average molecular weight is 383 g/mol. The molecule has 1 saturated heterocycles. The van der Waals surface area contributed by atoms with Gasteiger partial charge in [0.05, 0.1) is 23.2 Å².